The first-order chi connectivity index (χ1) is 12.0. The number of aromatic nitrogens is 2. The number of hydrogen-bond acceptors (Lipinski definition) is 3. The van der Waals surface area contributed by atoms with Crippen molar-refractivity contribution in [3.8, 4) is 0 Å². The van der Waals surface area contributed by atoms with Gasteiger partial charge in [-0.1, -0.05) is 18.2 Å². The number of hydrogen-bond donors (Lipinski definition) is 1. The maximum Gasteiger partial charge on any atom is 0.275 e. The fourth-order valence-electron chi connectivity index (χ4n) is 3.23. The van der Waals surface area contributed by atoms with E-state index in [1.807, 2.05) is 61.8 Å². The molecule has 3 aromatic rings. The van der Waals surface area contributed by atoms with Crippen molar-refractivity contribution in [3.63, 3.8) is 0 Å². The van der Waals surface area contributed by atoms with Gasteiger partial charge in [0.2, 0.25) is 0 Å². The summed E-state index contributed by atoms with van der Waals surface area (Å²) >= 11 is 0. The zero-order chi connectivity index (χ0) is 18.1. The molecule has 1 N–H and O–H groups in total. The van der Waals surface area contributed by atoms with Gasteiger partial charge in [-0.25, -0.2) is 0 Å². The van der Waals surface area contributed by atoms with Crippen molar-refractivity contribution >= 4 is 27.7 Å². The van der Waals surface area contributed by atoms with Crippen LogP contribution in [0.3, 0.4) is 0 Å². The topological polar surface area (TPSA) is 59.3 Å². The molecule has 1 amide bonds. The average molecular weight is 340 g/mol. The Morgan fingerprint density at radius 2 is 1.96 bits per heavy atom. The van der Waals surface area contributed by atoms with E-state index in [0.717, 1.165) is 22.8 Å². The van der Waals surface area contributed by atoms with Crippen LogP contribution < -0.4 is 10.9 Å². The largest absolute Gasteiger partial charge is 0.351 e. The van der Waals surface area contributed by atoms with Crippen LogP contribution in [0.2, 0.25) is 0 Å². The molecule has 0 aliphatic heterocycles. The molecule has 2 aromatic heterocycles. The van der Waals surface area contributed by atoms with Crippen molar-refractivity contribution in [2.45, 2.75) is 13.5 Å². The highest BCUT2D eigenvalue weighted by molar-refractivity contribution is 6.17. The quantitative estimate of drug-likeness (QED) is 0.770. The van der Waals surface area contributed by atoms with Crippen LogP contribution in [-0.2, 0) is 13.6 Å². The van der Waals surface area contributed by atoms with E-state index in [1.54, 1.807) is 10.8 Å². The summed E-state index contributed by atoms with van der Waals surface area (Å²) in [4.78, 5) is 27.7. The minimum atomic E-state index is -0.148. The Hall–Kier alpha value is -2.60. The number of aryl methyl sites for hydroxylation is 2. The van der Waals surface area contributed by atoms with Gasteiger partial charge in [-0.05, 0) is 27.1 Å². The summed E-state index contributed by atoms with van der Waals surface area (Å²) in [5, 5.41) is 4.62. The van der Waals surface area contributed by atoms with E-state index in [4.69, 9.17) is 0 Å². The Kier molecular flexibility index (Phi) is 4.63. The van der Waals surface area contributed by atoms with E-state index in [0.29, 0.717) is 24.2 Å². The second-order valence-electron chi connectivity index (χ2n) is 6.49. The van der Waals surface area contributed by atoms with Crippen LogP contribution in [0.15, 0.2) is 35.3 Å². The molecule has 6 heteroatoms. The van der Waals surface area contributed by atoms with Crippen molar-refractivity contribution in [1.82, 2.24) is 19.4 Å². The van der Waals surface area contributed by atoms with Gasteiger partial charge in [0, 0.05) is 49.2 Å². The first-order valence-electron chi connectivity index (χ1n) is 8.49. The van der Waals surface area contributed by atoms with Crippen LogP contribution in [0.4, 0.5) is 0 Å². The molecule has 0 aliphatic carbocycles. The fraction of sp³-hybridized carbons (Fsp3) is 0.368. The zero-order valence-corrected chi connectivity index (χ0v) is 15.2. The van der Waals surface area contributed by atoms with Crippen LogP contribution in [0, 0.1) is 0 Å². The standard InChI is InChI=1S/C19H24N4O2/c1-5-23-12-14(18(24)20-10-11-21(2)3)16-13-8-6-7-9-15(13)22(4)17(16)19(23)25/h6-9,12H,5,10-11H2,1-4H3,(H,20,24). The third-order valence-electron chi connectivity index (χ3n) is 4.55. The molecule has 0 saturated heterocycles. The lowest BCUT2D eigenvalue weighted by molar-refractivity contribution is 0.0952. The molecule has 132 valence electrons. The monoisotopic (exact) mass is 340 g/mol. The molecule has 0 aliphatic rings. The molecular weight excluding hydrogens is 316 g/mol. The van der Waals surface area contributed by atoms with Crippen molar-refractivity contribution < 1.29 is 4.79 Å². The third kappa shape index (κ3) is 2.93. The number of pyridine rings is 1. The predicted octanol–water partition coefficient (Wildman–Crippen LogP) is 1.80. The third-order valence-corrected chi connectivity index (χ3v) is 4.55. The normalized spacial score (nSPS) is 11.6. The van der Waals surface area contributed by atoms with Crippen molar-refractivity contribution in [2.24, 2.45) is 7.05 Å². The van der Waals surface area contributed by atoms with Crippen LogP contribution in [0.5, 0.6) is 0 Å². The molecule has 1 aromatic carbocycles. The highest BCUT2D eigenvalue weighted by atomic mass is 16.2. The summed E-state index contributed by atoms with van der Waals surface area (Å²) in [6, 6.07) is 7.81. The number of para-hydroxylation sites is 1. The summed E-state index contributed by atoms with van der Waals surface area (Å²) in [6.45, 7) is 3.75. The number of benzene rings is 1. The van der Waals surface area contributed by atoms with Crippen LogP contribution >= 0.6 is 0 Å². The van der Waals surface area contributed by atoms with Gasteiger partial charge in [0.1, 0.15) is 5.52 Å². The fourth-order valence-corrected chi connectivity index (χ4v) is 3.23. The number of amides is 1. The smallest absolute Gasteiger partial charge is 0.275 e. The van der Waals surface area contributed by atoms with E-state index in [9.17, 15) is 9.59 Å². The van der Waals surface area contributed by atoms with Gasteiger partial charge < -0.3 is 19.4 Å². The highest BCUT2D eigenvalue weighted by Gasteiger charge is 2.20. The van der Waals surface area contributed by atoms with E-state index < -0.39 is 0 Å². The minimum absolute atomic E-state index is 0.0685. The van der Waals surface area contributed by atoms with E-state index in [-0.39, 0.29) is 11.5 Å². The van der Waals surface area contributed by atoms with Gasteiger partial charge in [-0.3, -0.25) is 9.59 Å². The van der Waals surface area contributed by atoms with Gasteiger partial charge in [0.05, 0.1) is 5.56 Å². The van der Waals surface area contributed by atoms with Crippen LogP contribution in [0.25, 0.3) is 21.8 Å². The molecule has 0 spiro atoms. The van der Waals surface area contributed by atoms with E-state index in [1.165, 1.54) is 0 Å². The second kappa shape index (κ2) is 6.72. The molecular formula is C19H24N4O2. The highest BCUT2D eigenvalue weighted by Crippen LogP contribution is 2.28. The molecule has 0 unspecified atom stereocenters. The first-order valence-corrected chi connectivity index (χ1v) is 8.49. The van der Waals surface area contributed by atoms with Crippen molar-refractivity contribution in [3.05, 3.63) is 46.4 Å². The van der Waals surface area contributed by atoms with Gasteiger partial charge >= 0.3 is 0 Å². The molecule has 0 saturated carbocycles. The summed E-state index contributed by atoms with van der Waals surface area (Å²) in [5.41, 5.74) is 2.00. The number of carbonyl (C=O) groups is 1. The molecule has 0 atom stereocenters. The molecule has 0 radical (unpaired) electrons. The molecule has 0 fully saturated rings. The molecule has 25 heavy (non-hydrogen) atoms. The Balaban J connectivity index is 2.24. The Labute approximate surface area is 146 Å². The van der Waals surface area contributed by atoms with Crippen LogP contribution in [0.1, 0.15) is 17.3 Å². The lowest BCUT2D eigenvalue weighted by Gasteiger charge is -2.12. The average Bonchev–Trinajstić information content (AvgIpc) is 2.89. The maximum atomic E-state index is 12.8. The van der Waals surface area contributed by atoms with E-state index in [2.05, 4.69) is 5.32 Å². The minimum Gasteiger partial charge on any atom is -0.351 e. The molecule has 2 heterocycles. The van der Waals surface area contributed by atoms with E-state index >= 15 is 0 Å². The SMILES string of the molecule is CCn1cc(C(=O)NCCN(C)C)c2c3ccccc3n(C)c2c1=O. The van der Waals surface area contributed by atoms with Gasteiger partial charge in [-0.15, -0.1) is 0 Å². The second-order valence-corrected chi connectivity index (χ2v) is 6.49. The van der Waals surface area contributed by atoms with Crippen LogP contribution in [-0.4, -0.2) is 47.1 Å². The number of nitrogens with zero attached hydrogens (tertiary/aromatic N) is 3. The maximum absolute atomic E-state index is 12.8. The Morgan fingerprint density at radius 3 is 2.64 bits per heavy atom. The number of fused-ring (bicyclic) bond motifs is 3. The summed E-state index contributed by atoms with van der Waals surface area (Å²) in [7, 11) is 5.80. The number of rotatable bonds is 5. The molecule has 3 rings (SSSR count). The van der Waals surface area contributed by atoms with Crippen molar-refractivity contribution in [1.29, 1.82) is 0 Å². The number of likely N-dealkylation sites (N-methyl/N-ethyl adjacent to an activating group) is 1. The lowest BCUT2D eigenvalue weighted by atomic mass is 10.1. The first kappa shape index (κ1) is 17.2. The van der Waals surface area contributed by atoms with Gasteiger partial charge in [0.15, 0.2) is 0 Å². The summed E-state index contributed by atoms with van der Waals surface area (Å²) in [5.74, 6) is -0.148. The number of carbonyl (C=O) groups excluding carboxylic acids is 1. The number of nitrogens with one attached hydrogen (secondary N) is 1. The molecule has 0 bridgehead atoms. The Morgan fingerprint density at radius 1 is 1.24 bits per heavy atom. The molecule has 6 nitrogen and oxygen atoms in total. The summed E-state index contributed by atoms with van der Waals surface area (Å²) in [6.07, 6.45) is 1.68. The summed E-state index contributed by atoms with van der Waals surface area (Å²) < 4.78 is 3.48. The van der Waals surface area contributed by atoms with Crippen molar-refractivity contribution in [2.75, 3.05) is 27.2 Å². The van der Waals surface area contributed by atoms with Gasteiger partial charge in [-0.2, -0.15) is 0 Å². The predicted molar refractivity (Wildman–Crippen MR) is 101 cm³/mol. The zero-order valence-electron chi connectivity index (χ0n) is 15.2. The van der Waals surface area contributed by atoms with Gasteiger partial charge in [0.25, 0.3) is 11.5 Å². The lowest BCUT2D eigenvalue weighted by Crippen LogP contribution is -2.32. The Bertz CT molecular complexity index is 998.